The van der Waals surface area contributed by atoms with Gasteiger partial charge in [0.05, 0.1) is 20.8 Å². The Balaban J connectivity index is 1.99. The zero-order valence-electron chi connectivity index (χ0n) is 14.8. The van der Waals surface area contributed by atoms with E-state index in [9.17, 15) is 9.59 Å². The molecule has 2 amide bonds. The number of hydrogen-bond acceptors (Lipinski definition) is 5. The number of nitrogens with zero attached hydrogens (tertiary/aromatic N) is 1. The first-order chi connectivity index (χ1) is 12.0. The Morgan fingerprint density at radius 1 is 1.24 bits per heavy atom. The number of carbonyl (C=O) groups excluding carboxylic acids is 2. The van der Waals surface area contributed by atoms with Gasteiger partial charge in [-0.05, 0) is 41.6 Å². The number of amides is 2. The van der Waals surface area contributed by atoms with Crippen molar-refractivity contribution >= 4 is 23.3 Å². The zero-order chi connectivity index (χ0) is 18.4. The number of carbonyl (C=O) groups is 2. The monoisotopic (exact) mass is 362 g/mol. The van der Waals surface area contributed by atoms with Crippen LogP contribution in [-0.2, 0) is 17.8 Å². The number of hydrogen-bond donors (Lipinski definition) is 1. The predicted octanol–water partition coefficient (Wildman–Crippen LogP) is 3.19. The summed E-state index contributed by atoms with van der Waals surface area (Å²) in [7, 11) is 4.56. The van der Waals surface area contributed by atoms with E-state index in [1.807, 2.05) is 18.4 Å². The highest BCUT2D eigenvalue weighted by Gasteiger charge is 2.15. The van der Waals surface area contributed by atoms with E-state index < -0.39 is 5.97 Å². The van der Waals surface area contributed by atoms with Gasteiger partial charge in [0.1, 0.15) is 11.3 Å². The minimum Gasteiger partial charge on any atom is -0.496 e. The predicted molar refractivity (Wildman–Crippen MR) is 97.1 cm³/mol. The van der Waals surface area contributed by atoms with E-state index in [1.54, 1.807) is 41.5 Å². The fourth-order valence-electron chi connectivity index (χ4n) is 2.30. The fourth-order valence-corrected chi connectivity index (χ4v) is 3.26. The molecule has 0 spiro atoms. The normalized spacial score (nSPS) is 10.2. The lowest BCUT2D eigenvalue weighted by molar-refractivity contribution is 0.0597. The number of esters is 1. The van der Waals surface area contributed by atoms with Crippen molar-refractivity contribution in [2.45, 2.75) is 20.0 Å². The lowest BCUT2D eigenvalue weighted by Gasteiger charge is -2.18. The molecule has 0 aliphatic heterocycles. The number of thiophene rings is 1. The summed E-state index contributed by atoms with van der Waals surface area (Å²) in [6, 6.07) is 7.01. The largest absolute Gasteiger partial charge is 0.496 e. The molecule has 2 aromatic rings. The van der Waals surface area contributed by atoms with E-state index in [0.717, 1.165) is 10.4 Å². The van der Waals surface area contributed by atoms with Crippen molar-refractivity contribution in [3.63, 3.8) is 0 Å². The van der Waals surface area contributed by atoms with Crippen molar-refractivity contribution in [1.82, 2.24) is 10.2 Å². The number of ether oxygens (including phenoxy) is 2. The molecule has 7 heteroatoms. The molecule has 0 fully saturated rings. The van der Waals surface area contributed by atoms with Crippen LogP contribution in [0.15, 0.2) is 29.6 Å². The van der Waals surface area contributed by atoms with E-state index in [4.69, 9.17) is 9.47 Å². The highest BCUT2D eigenvalue weighted by Crippen LogP contribution is 2.21. The van der Waals surface area contributed by atoms with Crippen LogP contribution < -0.4 is 10.1 Å². The summed E-state index contributed by atoms with van der Waals surface area (Å²) in [5, 5.41) is 4.87. The van der Waals surface area contributed by atoms with Gasteiger partial charge < -0.3 is 19.7 Å². The molecular formula is C18H22N2O4S. The summed E-state index contributed by atoms with van der Waals surface area (Å²) in [5.41, 5.74) is 2.30. The molecule has 6 nitrogen and oxygen atoms in total. The fraction of sp³-hybridized carbons (Fsp3) is 0.333. The third-order valence-electron chi connectivity index (χ3n) is 3.81. The van der Waals surface area contributed by atoms with Crippen molar-refractivity contribution < 1.29 is 19.1 Å². The first-order valence-electron chi connectivity index (χ1n) is 7.73. The van der Waals surface area contributed by atoms with Crippen LogP contribution in [0.4, 0.5) is 4.79 Å². The number of rotatable bonds is 6. The Bertz CT molecular complexity index is 757. The standard InChI is InChI=1S/C18H22N2O4S/c1-12-7-8-25-16(12)11-20(2)18(22)19-10-13-5-6-15(23-3)14(9-13)17(21)24-4/h5-9H,10-11H2,1-4H3,(H,19,22). The number of nitrogens with one attached hydrogen (secondary N) is 1. The number of urea groups is 1. The maximum Gasteiger partial charge on any atom is 0.341 e. The van der Waals surface area contributed by atoms with Crippen molar-refractivity contribution in [2.75, 3.05) is 21.3 Å². The van der Waals surface area contributed by atoms with E-state index in [-0.39, 0.29) is 6.03 Å². The lowest BCUT2D eigenvalue weighted by atomic mass is 10.1. The molecular weight excluding hydrogens is 340 g/mol. The van der Waals surface area contributed by atoms with Gasteiger partial charge in [-0.25, -0.2) is 9.59 Å². The third kappa shape index (κ3) is 4.73. The molecule has 1 heterocycles. The summed E-state index contributed by atoms with van der Waals surface area (Å²) in [5.74, 6) is -0.0393. The van der Waals surface area contributed by atoms with Crippen LogP contribution in [0, 0.1) is 6.92 Å². The molecule has 1 aromatic carbocycles. The second kappa shape index (κ2) is 8.53. The quantitative estimate of drug-likeness (QED) is 0.802. The maximum absolute atomic E-state index is 12.3. The van der Waals surface area contributed by atoms with Crippen LogP contribution in [0.2, 0.25) is 0 Å². The number of benzene rings is 1. The summed E-state index contributed by atoms with van der Waals surface area (Å²) < 4.78 is 9.92. The van der Waals surface area contributed by atoms with Gasteiger partial charge in [-0.2, -0.15) is 0 Å². The molecule has 0 unspecified atom stereocenters. The van der Waals surface area contributed by atoms with Crippen molar-refractivity contribution in [2.24, 2.45) is 0 Å². The molecule has 0 saturated heterocycles. The molecule has 25 heavy (non-hydrogen) atoms. The van der Waals surface area contributed by atoms with Gasteiger partial charge in [0.2, 0.25) is 0 Å². The van der Waals surface area contributed by atoms with Gasteiger partial charge in [-0.1, -0.05) is 6.07 Å². The van der Waals surface area contributed by atoms with Crippen LogP contribution in [0.5, 0.6) is 5.75 Å². The molecule has 0 aliphatic rings. The maximum atomic E-state index is 12.3. The number of methoxy groups -OCH3 is 2. The minimum atomic E-state index is -0.477. The average molecular weight is 362 g/mol. The van der Waals surface area contributed by atoms with Crippen molar-refractivity contribution in [3.8, 4) is 5.75 Å². The Kier molecular flexibility index (Phi) is 6.41. The smallest absolute Gasteiger partial charge is 0.341 e. The van der Waals surface area contributed by atoms with Crippen LogP contribution >= 0.6 is 11.3 Å². The SMILES string of the molecule is COC(=O)c1cc(CNC(=O)N(C)Cc2sccc2C)ccc1OC. The Hall–Kier alpha value is -2.54. The van der Waals surface area contributed by atoms with Crippen LogP contribution in [0.1, 0.15) is 26.4 Å². The van der Waals surface area contributed by atoms with Gasteiger partial charge in [0, 0.05) is 18.5 Å². The van der Waals surface area contributed by atoms with Crippen LogP contribution in [-0.4, -0.2) is 38.2 Å². The van der Waals surface area contributed by atoms with Gasteiger partial charge in [0.15, 0.2) is 0 Å². The summed E-state index contributed by atoms with van der Waals surface area (Å²) in [6.07, 6.45) is 0. The van der Waals surface area contributed by atoms with E-state index in [0.29, 0.717) is 24.4 Å². The van der Waals surface area contributed by atoms with E-state index in [2.05, 4.69) is 5.32 Å². The topological polar surface area (TPSA) is 67.9 Å². The molecule has 1 aromatic heterocycles. The van der Waals surface area contributed by atoms with E-state index in [1.165, 1.54) is 19.8 Å². The highest BCUT2D eigenvalue weighted by molar-refractivity contribution is 7.10. The molecule has 1 N–H and O–H groups in total. The molecule has 2 rings (SSSR count). The van der Waals surface area contributed by atoms with Crippen LogP contribution in [0.3, 0.4) is 0 Å². The molecule has 0 aliphatic carbocycles. The first kappa shape index (κ1) is 18.8. The molecule has 0 radical (unpaired) electrons. The Labute approximate surface area is 151 Å². The van der Waals surface area contributed by atoms with Gasteiger partial charge in [0.25, 0.3) is 0 Å². The molecule has 0 bridgehead atoms. The van der Waals surface area contributed by atoms with Crippen LogP contribution in [0.25, 0.3) is 0 Å². The second-order valence-electron chi connectivity index (χ2n) is 5.57. The highest BCUT2D eigenvalue weighted by atomic mass is 32.1. The second-order valence-corrected chi connectivity index (χ2v) is 6.57. The molecule has 134 valence electrons. The Morgan fingerprint density at radius 2 is 2.00 bits per heavy atom. The van der Waals surface area contributed by atoms with Gasteiger partial charge in [-0.15, -0.1) is 11.3 Å². The van der Waals surface area contributed by atoms with Gasteiger partial charge in [-0.3, -0.25) is 0 Å². The summed E-state index contributed by atoms with van der Waals surface area (Å²) >= 11 is 1.63. The van der Waals surface area contributed by atoms with E-state index >= 15 is 0 Å². The van der Waals surface area contributed by atoms with Crippen molar-refractivity contribution in [3.05, 3.63) is 51.2 Å². The third-order valence-corrected chi connectivity index (χ3v) is 4.82. The lowest BCUT2D eigenvalue weighted by Crippen LogP contribution is -2.36. The first-order valence-corrected chi connectivity index (χ1v) is 8.61. The Morgan fingerprint density at radius 3 is 2.60 bits per heavy atom. The molecule has 0 saturated carbocycles. The molecule has 0 atom stereocenters. The average Bonchev–Trinajstić information content (AvgIpc) is 3.03. The summed E-state index contributed by atoms with van der Waals surface area (Å²) in [4.78, 5) is 26.9. The van der Waals surface area contributed by atoms with Crippen molar-refractivity contribution in [1.29, 1.82) is 0 Å². The zero-order valence-corrected chi connectivity index (χ0v) is 15.6. The minimum absolute atomic E-state index is 0.178. The number of aryl methyl sites for hydroxylation is 1. The summed E-state index contributed by atoms with van der Waals surface area (Å²) in [6.45, 7) is 2.90. The van der Waals surface area contributed by atoms with Gasteiger partial charge >= 0.3 is 12.0 Å².